The van der Waals surface area contributed by atoms with Crippen LogP contribution in [-0.2, 0) is 0 Å². The quantitative estimate of drug-likeness (QED) is 0.804. The van der Waals surface area contributed by atoms with Gasteiger partial charge in [0.1, 0.15) is 0 Å². The largest absolute Gasteiger partial charge is 0.494 e. The summed E-state index contributed by atoms with van der Waals surface area (Å²) < 4.78 is 18.4. The van der Waals surface area contributed by atoms with Crippen LogP contribution in [0, 0.1) is 12.7 Å². The van der Waals surface area contributed by atoms with Crippen molar-refractivity contribution in [3.05, 3.63) is 47.8 Å². The van der Waals surface area contributed by atoms with Gasteiger partial charge < -0.3 is 10.5 Å². The van der Waals surface area contributed by atoms with Gasteiger partial charge in [-0.3, -0.25) is 0 Å². The van der Waals surface area contributed by atoms with E-state index < -0.39 is 0 Å². The van der Waals surface area contributed by atoms with Crippen molar-refractivity contribution < 1.29 is 9.13 Å². The molecular formula is C14H14FNO. The molecule has 2 nitrogen and oxygen atoms in total. The number of rotatable bonds is 2. The van der Waals surface area contributed by atoms with Crippen molar-refractivity contribution in [3.8, 4) is 16.9 Å². The van der Waals surface area contributed by atoms with Gasteiger partial charge in [0.15, 0.2) is 11.6 Å². The molecule has 3 heteroatoms. The Hall–Kier alpha value is -2.03. The van der Waals surface area contributed by atoms with Crippen LogP contribution in [0.5, 0.6) is 5.75 Å². The molecule has 0 saturated heterocycles. The fourth-order valence-corrected chi connectivity index (χ4v) is 1.67. The molecule has 0 fully saturated rings. The third kappa shape index (κ3) is 2.23. The molecule has 88 valence electrons. The van der Waals surface area contributed by atoms with Gasteiger partial charge >= 0.3 is 0 Å². The highest BCUT2D eigenvalue weighted by molar-refractivity contribution is 5.69. The molecule has 0 aliphatic heterocycles. The van der Waals surface area contributed by atoms with Crippen LogP contribution in [0.1, 0.15) is 5.56 Å². The molecule has 2 aromatic carbocycles. The molecule has 0 amide bonds. The van der Waals surface area contributed by atoms with Crippen molar-refractivity contribution in [1.82, 2.24) is 0 Å². The fourth-order valence-electron chi connectivity index (χ4n) is 1.67. The molecule has 2 rings (SSSR count). The number of nitrogen functional groups attached to an aromatic ring is 1. The lowest BCUT2D eigenvalue weighted by Crippen LogP contribution is -1.91. The zero-order valence-electron chi connectivity index (χ0n) is 9.83. The monoisotopic (exact) mass is 231 g/mol. The Bertz CT molecular complexity index is 552. The second-order valence-electron chi connectivity index (χ2n) is 3.92. The van der Waals surface area contributed by atoms with Crippen molar-refractivity contribution in [2.45, 2.75) is 6.92 Å². The van der Waals surface area contributed by atoms with E-state index in [9.17, 15) is 4.39 Å². The third-order valence-corrected chi connectivity index (χ3v) is 2.76. The van der Waals surface area contributed by atoms with Crippen LogP contribution < -0.4 is 10.5 Å². The molecule has 0 atom stereocenters. The molecule has 0 aliphatic carbocycles. The average molecular weight is 231 g/mol. The van der Waals surface area contributed by atoms with Gasteiger partial charge in [-0.05, 0) is 41.8 Å². The van der Waals surface area contributed by atoms with E-state index in [1.807, 2.05) is 31.2 Å². The lowest BCUT2D eigenvalue weighted by atomic mass is 10.0. The van der Waals surface area contributed by atoms with Gasteiger partial charge in [0.2, 0.25) is 0 Å². The lowest BCUT2D eigenvalue weighted by molar-refractivity contribution is 0.386. The maximum Gasteiger partial charge on any atom is 0.165 e. The summed E-state index contributed by atoms with van der Waals surface area (Å²) in [6, 6.07) is 10.6. The number of hydrogen-bond donors (Lipinski definition) is 1. The van der Waals surface area contributed by atoms with E-state index >= 15 is 0 Å². The molecule has 0 heterocycles. The highest BCUT2D eigenvalue weighted by atomic mass is 19.1. The maximum atomic E-state index is 13.6. The number of benzene rings is 2. The van der Waals surface area contributed by atoms with Gasteiger partial charge in [-0.2, -0.15) is 0 Å². The molecule has 2 aromatic rings. The summed E-state index contributed by atoms with van der Waals surface area (Å²) in [6.07, 6.45) is 0. The summed E-state index contributed by atoms with van der Waals surface area (Å²) in [6.45, 7) is 1.94. The summed E-state index contributed by atoms with van der Waals surface area (Å²) in [4.78, 5) is 0. The van der Waals surface area contributed by atoms with Crippen LogP contribution in [-0.4, -0.2) is 7.11 Å². The van der Waals surface area contributed by atoms with Crippen LogP contribution in [0.3, 0.4) is 0 Å². The Morgan fingerprint density at radius 3 is 2.29 bits per heavy atom. The number of anilines is 1. The Morgan fingerprint density at radius 1 is 1.06 bits per heavy atom. The molecule has 0 spiro atoms. The second-order valence-corrected chi connectivity index (χ2v) is 3.92. The normalized spacial score (nSPS) is 10.3. The predicted molar refractivity (Wildman–Crippen MR) is 67.5 cm³/mol. The first-order chi connectivity index (χ1) is 8.11. The number of aryl methyl sites for hydroxylation is 1. The van der Waals surface area contributed by atoms with E-state index in [0.29, 0.717) is 5.69 Å². The molecule has 2 N–H and O–H groups in total. The van der Waals surface area contributed by atoms with Crippen LogP contribution >= 0.6 is 0 Å². The van der Waals surface area contributed by atoms with Gasteiger partial charge in [-0.1, -0.05) is 18.2 Å². The number of halogens is 1. The molecule has 0 aliphatic rings. The minimum Gasteiger partial charge on any atom is -0.494 e. The van der Waals surface area contributed by atoms with Crippen molar-refractivity contribution in [2.24, 2.45) is 0 Å². The molecule has 17 heavy (non-hydrogen) atoms. The van der Waals surface area contributed by atoms with Gasteiger partial charge in [0.05, 0.1) is 7.11 Å². The first-order valence-electron chi connectivity index (χ1n) is 5.32. The van der Waals surface area contributed by atoms with Gasteiger partial charge in [-0.25, -0.2) is 4.39 Å². The van der Waals surface area contributed by atoms with Crippen molar-refractivity contribution in [3.63, 3.8) is 0 Å². The van der Waals surface area contributed by atoms with E-state index in [1.165, 1.54) is 13.2 Å². The Kier molecular flexibility index (Phi) is 3.00. The van der Waals surface area contributed by atoms with E-state index in [1.54, 1.807) is 6.07 Å². The van der Waals surface area contributed by atoms with Gasteiger partial charge in [0, 0.05) is 5.69 Å². The number of nitrogens with two attached hydrogens (primary N) is 1. The Morgan fingerprint density at radius 2 is 1.71 bits per heavy atom. The molecular weight excluding hydrogens is 217 g/mol. The molecule has 0 radical (unpaired) electrons. The zero-order valence-corrected chi connectivity index (χ0v) is 9.83. The Balaban J connectivity index is 2.46. The topological polar surface area (TPSA) is 35.2 Å². The second kappa shape index (κ2) is 4.45. The molecule has 0 saturated carbocycles. The van der Waals surface area contributed by atoms with E-state index in [-0.39, 0.29) is 11.6 Å². The average Bonchev–Trinajstić information content (AvgIpc) is 2.32. The SMILES string of the molecule is COc1ccc(-c2ccc(C)c(N)c2)cc1F. The smallest absolute Gasteiger partial charge is 0.165 e. The zero-order chi connectivity index (χ0) is 12.4. The molecule has 0 bridgehead atoms. The highest BCUT2D eigenvalue weighted by Gasteiger charge is 2.06. The van der Waals surface area contributed by atoms with Crippen molar-refractivity contribution in [2.75, 3.05) is 12.8 Å². The summed E-state index contributed by atoms with van der Waals surface area (Å²) >= 11 is 0. The maximum absolute atomic E-state index is 13.6. The van der Waals surface area contributed by atoms with Gasteiger partial charge in [-0.15, -0.1) is 0 Å². The van der Waals surface area contributed by atoms with E-state index in [4.69, 9.17) is 10.5 Å². The van der Waals surface area contributed by atoms with Gasteiger partial charge in [0.25, 0.3) is 0 Å². The standard InChI is InChI=1S/C14H14FNO/c1-9-3-4-11(8-13(9)16)10-5-6-14(17-2)12(15)7-10/h3-8H,16H2,1-2H3. The molecule has 0 unspecified atom stereocenters. The highest BCUT2D eigenvalue weighted by Crippen LogP contribution is 2.27. The van der Waals surface area contributed by atoms with Crippen molar-refractivity contribution in [1.29, 1.82) is 0 Å². The van der Waals surface area contributed by atoms with Crippen LogP contribution in [0.25, 0.3) is 11.1 Å². The summed E-state index contributed by atoms with van der Waals surface area (Å²) in [5.74, 6) is -0.127. The van der Waals surface area contributed by atoms with E-state index in [2.05, 4.69) is 0 Å². The fraction of sp³-hybridized carbons (Fsp3) is 0.143. The molecule has 0 aromatic heterocycles. The number of hydrogen-bond acceptors (Lipinski definition) is 2. The minimum atomic E-state index is -0.371. The lowest BCUT2D eigenvalue weighted by Gasteiger charge is -2.07. The first-order valence-corrected chi connectivity index (χ1v) is 5.32. The third-order valence-electron chi connectivity index (χ3n) is 2.76. The van der Waals surface area contributed by atoms with Crippen LogP contribution in [0.2, 0.25) is 0 Å². The summed E-state index contributed by atoms with van der Waals surface area (Å²) in [7, 11) is 1.45. The van der Waals surface area contributed by atoms with Crippen LogP contribution in [0.15, 0.2) is 36.4 Å². The van der Waals surface area contributed by atoms with Crippen molar-refractivity contribution >= 4 is 5.69 Å². The number of ether oxygens (including phenoxy) is 1. The number of methoxy groups -OCH3 is 1. The summed E-state index contributed by atoms with van der Waals surface area (Å²) in [5.41, 5.74) is 9.24. The summed E-state index contributed by atoms with van der Waals surface area (Å²) in [5, 5.41) is 0. The van der Waals surface area contributed by atoms with Crippen LogP contribution in [0.4, 0.5) is 10.1 Å². The minimum absolute atomic E-state index is 0.244. The Labute approximate surface area is 99.8 Å². The van der Waals surface area contributed by atoms with E-state index in [0.717, 1.165) is 16.7 Å². The first kappa shape index (κ1) is 11.5. The predicted octanol–water partition coefficient (Wildman–Crippen LogP) is 3.39.